The molecule has 6 nitrogen and oxygen atoms in total. The van der Waals surface area contributed by atoms with E-state index in [0.29, 0.717) is 26.9 Å². The van der Waals surface area contributed by atoms with E-state index in [4.69, 9.17) is 10.00 Å². The minimum Gasteiger partial charge on any atom is -0.344 e. The summed E-state index contributed by atoms with van der Waals surface area (Å²) >= 11 is 3.38. The Balaban J connectivity index is 2.17. The quantitative estimate of drug-likeness (QED) is 0.685. The maximum atomic E-state index is 13.8. The van der Waals surface area contributed by atoms with Gasteiger partial charge < -0.3 is 10.1 Å². The minimum atomic E-state index is -4.47. The van der Waals surface area contributed by atoms with Crippen molar-refractivity contribution in [2.75, 3.05) is 5.32 Å². The van der Waals surface area contributed by atoms with E-state index in [0.717, 1.165) is 6.07 Å². The minimum absolute atomic E-state index is 0.189. The Morgan fingerprint density at radius 1 is 1.27 bits per heavy atom. The van der Waals surface area contributed by atoms with Gasteiger partial charge in [-0.25, -0.2) is 4.39 Å². The van der Waals surface area contributed by atoms with Crippen molar-refractivity contribution in [3.8, 4) is 17.2 Å². The zero-order chi connectivity index (χ0) is 19.3. The standard InChI is InChI=1S/C17H14BrFN2O4S/c1-17(2)13-6-11(10-3-9(8-20)4-12(19)5-10)7-14(18)15(13)21-16(25-17)26(22,23)24/h3-7,16,21H,1-2H3,(H,22,23,24). The van der Waals surface area contributed by atoms with Crippen molar-refractivity contribution in [2.24, 2.45) is 0 Å². The van der Waals surface area contributed by atoms with E-state index in [1.54, 1.807) is 32.0 Å². The SMILES string of the molecule is CC1(C)OC(S(=O)(=O)O)Nc2c(Br)cc(-c3cc(F)cc(C#N)c3)cc21. The number of nitriles is 1. The monoisotopic (exact) mass is 440 g/mol. The lowest BCUT2D eigenvalue weighted by Gasteiger charge is -2.38. The third-order valence-corrected chi connectivity index (χ3v) is 5.41. The maximum Gasteiger partial charge on any atom is 0.312 e. The molecule has 0 spiro atoms. The topological polar surface area (TPSA) is 99.4 Å². The first kappa shape index (κ1) is 18.8. The molecule has 1 aliphatic heterocycles. The van der Waals surface area contributed by atoms with Gasteiger partial charge in [-0.2, -0.15) is 13.7 Å². The Bertz CT molecular complexity index is 1050. The Labute approximate surface area is 158 Å². The van der Waals surface area contributed by atoms with Gasteiger partial charge in [-0.05, 0) is 71.2 Å². The van der Waals surface area contributed by atoms with E-state index in [9.17, 15) is 17.4 Å². The van der Waals surface area contributed by atoms with Crippen LogP contribution in [0.4, 0.5) is 10.1 Å². The van der Waals surface area contributed by atoms with Crippen LogP contribution >= 0.6 is 15.9 Å². The highest BCUT2D eigenvalue weighted by Crippen LogP contribution is 2.44. The molecule has 0 bridgehead atoms. The molecule has 0 saturated heterocycles. The number of nitrogens with one attached hydrogen (secondary N) is 1. The molecule has 0 saturated carbocycles. The molecule has 9 heteroatoms. The third kappa shape index (κ3) is 3.46. The molecular weight excluding hydrogens is 427 g/mol. The van der Waals surface area contributed by atoms with E-state index in [1.165, 1.54) is 6.07 Å². The summed E-state index contributed by atoms with van der Waals surface area (Å²) in [6, 6.07) is 9.31. The number of hydrogen-bond acceptors (Lipinski definition) is 5. The molecule has 2 aromatic carbocycles. The van der Waals surface area contributed by atoms with Gasteiger partial charge in [0.1, 0.15) is 5.82 Å². The molecule has 2 aromatic rings. The summed E-state index contributed by atoms with van der Waals surface area (Å²) < 4.78 is 52.0. The molecule has 136 valence electrons. The first-order valence-corrected chi connectivity index (χ1v) is 9.76. The van der Waals surface area contributed by atoms with Crippen LogP contribution in [0.2, 0.25) is 0 Å². The second-order valence-corrected chi connectivity index (χ2v) is 8.65. The van der Waals surface area contributed by atoms with Crippen LogP contribution in [-0.2, 0) is 20.5 Å². The lowest BCUT2D eigenvalue weighted by molar-refractivity contribution is -0.0407. The van der Waals surface area contributed by atoms with Crippen molar-refractivity contribution in [3.63, 3.8) is 0 Å². The maximum absolute atomic E-state index is 13.8. The highest BCUT2D eigenvalue weighted by Gasteiger charge is 2.40. The summed E-state index contributed by atoms with van der Waals surface area (Å²) in [7, 11) is -4.47. The lowest BCUT2D eigenvalue weighted by Crippen LogP contribution is -2.43. The third-order valence-electron chi connectivity index (χ3n) is 4.03. The summed E-state index contributed by atoms with van der Waals surface area (Å²) in [6.45, 7) is 3.32. The number of halogens is 2. The van der Waals surface area contributed by atoms with E-state index in [1.807, 2.05) is 6.07 Å². The van der Waals surface area contributed by atoms with Crippen molar-refractivity contribution in [1.29, 1.82) is 5.26 Å². The summed E-state index contributed by atoms with van der Waals surface area (Å²) in [5.74, 6) is -0.534. The highest BCUT2D eigenvalue weighted by molar-refractivity contribution is 9.10. The van der Waals surface area contributed by atoms with Crippen LogP contribution in [0.1, 0.15) is 25.0 Å². The fraction of sp³-hybridized carbons (Fsp3) is 0.235. The van der Waals surface area contributed by atoms with Crippen LogP contribution in [0.5, 0.6) is 0 Å². The van der Waals surface area contributed by atoms with Crippen molar-refractivity contribution in [3.05, 3.63) is 51.7 Å². The summed E-state index contributed by atoms with van der Waals surface area (Å²) in [5.41, 5.74) is -0.284. The molecular formula is C17H14BrFN2O4S. The van der Waals surface area contributed by atoms with E-state index < -0.39 is 27.1 Å². The molecule has 1 unspecified atom stereocenters. The predicted octanol–water partition coefficient (Wildman–Crippen LogP) is 3.98. The highest BCUT2D eigenvalue weighted by atomic mass is 79.9. The number of fused-ring (bicyclic) bond motifs is 1. The van der Waals surface area contributed by atoms with Crippen LogP contribution in [0.3, 0.4) is 0 Å². The van der Waals surface area contributed by atoms with E-state index in [2.05, 4.69) is 21.2 Å². The van der Waals surface area contributed by atoms with Gasteiger partial charge in [0.15, 0.2) is 0 Å². The molecule has 0 fully saturated rings. The molecule has 1 atom stereocenters. The molecule has 1 aliphatic rings. The van der Waals surface area contributed by atoms with Gasteiger partial charge in [0.2, 0.25) is 0 Å². The Hall–Kier alpha value is -1.99. The smallest absolute Gasteiger partial charge is 0.312 e. The zero-order valence-corrected chi connectivity index (χ0v) is 16.1. The van der Waals surface area contributed by atoms with Crippen LogP contribution < -0.4 is 5.32 Å². The van der Waals surface area contributed by atoms with Gasteiger partial charge in [-0.3, -0.25) is 4.55 Å². The molecule has 0 amide bonds. The van der Waals surface area contributed by atoms with Crippen molar-refractivity contribution < 1.29 is 22.1 Å². The molecule has 26 heavy (non-hydrogen) atoms. The lowest BCUT2D eigenvalue weighted by atomic mass is 9.91. The Morgan fingerprint density at radius 2 is 1.92 bits per heavy atom. The van der Waals surface area contributed by atoms with Crippen LogP contribution in [0.15, 0.2) is 34.8 Å². The van der Waals surface area contributed by atoms with E-state index >= 15 is 0 Å². The Kier molecular flexibility index (Phi) is 4.56. The first-order chi connectivity index (χ1) is 12.0. The summed E-state index contributed by atoms with van der Waals surface area (Å²) in [6.07, 6.45) is 0. The molecule has 0 aromatic heterocycles. The Morgan fingerprint density at radius 3 is 2.54 bits per heavy atom. The fourth-order valence-corrected chi connectivity index (χ4v) is 4.03. The molecule has 1 heterocycles. The normalized spacial score (nSPS) is 18.5. The number of nitrogens with zero attached hydrogens (tertiary/aromatic N) is 1. The van der Waals surface area contributed by atoms with Gasteiger partial charge in [-0.15, -0.1) is 0 Å². The number of ether oxygens (including phenoxy) is 1. The fourth-order valence-electron chi connectivity index (χ4n) is 2.83. The average molecular weight is 441 g/mol. The molecule has 0 aliphatic carbocycles. The van der Waals surface area contributed by atoms with Gasteiger partial charge in [-0.1, -0.05) is 0 Å². The molecule has 0 radical (unpaired) electrons. The van der Waals surface area contributed by atoms with Gasteiger partial charge in [0.25, 0.3) is 5.56 Å². The van der Waals surface area contributed by atoms with Crippen LogP contribution in [0, 0.1) is 17.1 Å². The first-order valence-electron chi connectivity index (χ1n) is 7.47. The number of hydrogen-bond donors (Lipinski definition) is 2. The predicted molar refractivity (Wildman–Crippen MR) is 97.3 cm³/mol. The van der Waals surface area contributed by atoms with Gasteiger partial charge >= 0.3 is 10.1 Å². The zero-order valence-electron chi connectivity index (χ0n) is 13.7. The number of anilines is 1. The van der Waals surface area contributed by atoms with Crippen LogP contribution in [0.25, 0.3) is 11.1 Å². The van der Waals surface area contributed by atoms with Crippen LogP contribution in [-0.4, -0.2) is 18.5 Å². The number of rotatable bonds is 2. The van der Waals surface area contributed by atoms with Gasteiger partial charge in [0, 0.05) is 10.0 Å². The molecule has 2 N–H and O–H groups in total. The summed E-state index contributed by atoms with van der Waals surface area (Å²) in [5, 5.41) is 11.7. The van der Waals surface area contributed by atoms with Crippen molar-refractivity contribution in [2.45, 2.75) is 25.0 Å². The van der Waals surface area contributed by atoms with Gasteiger partial charge in [0.05, 0.1) is 22.9 Å². The average Bonchev–Trinajstić information content (AvgIpc) is 2.53. The summed E-state index contributed by atoms with van der Waals surface area (Å²) in [4.78, 5) is 0. The van der Waals surface area contributed by atoms with Crippen molar-refractivity contribution >= 4 is 31.7 Å². The second kappa shape index (κ2) is 6.32. The van der Waals surface area contributed by atoms with Crippen molar-refractivity contribution in [1.82, 2.24) is 0 Å². The van der Waals surface area contributed by atoms with E-state index in [-0.39, 0.29) is 5.56 Å². The largest absolute Gasteiger partial charge is 0.344 e. The number of benzene rings is 2. The second-order valence-electron chi connectivity index (χ2n) is 6.34. The molecule has 3 rings (SSSR count).